The first kappa shape index (κ1) is 14.8. The third-order valence-corrected chi connectivity index (χ3v) is 3.11. The van der Waals surface area contributed by atoms with Gasteiger partial charge in [0.2, 0.25) is 0 Å². The maximum absolute atomic E-state index is 2.13. The summed E-state index contributed by atoms with van der Waals surface area (Å²) in [6.07, 6.45) is 14.4. The van der Waals surface area contributed by atoms with Crippen molar-refractivity contribution in [3.63, 3.8) is 0 Å². The third kappa shape index (κ3) is 5.50. The lowest BCUT2D eigenvalue weighted by Gasteiger charge is -1.97. The van der Waals surface area contributed by atoms with Gasteiger partial charge >= 0.3 is 0 Å². The molecule has 104 valence electrons. The van der Waals surface area contributed by atoms with Crippen LogP contribution in [0.1, 0.15) is 18.1 Å². The molecule has 0 bridgehead atoms. The Balaban J connectivity index is 1.85. The second kappa shape index (κ2) is 8.55. The van der Waals surface area contributed by atoms with Gasteiger partial charge in [0.1, 0.15) is 0 Å². The van der Waals surface area contributed by atoms with E-state index in [9.17, 15) is 0 Å². The molecule has 0 aliphatic carbocycles. The van der Waals surface area contributed by atoms with Crippen LogP contribution in [0.4, 0.5) is 0 Å². The van der Waals surface area contributed by atoms with Gasteiger partial charge in [0.05, 0.1) is 0 Å². The van der Waals surface area contributed by atoms with E-state index in [0.29, 0.717) is 0 Å². The van der Waals surface area contributed by atoms with Gasteiger partial charge in [0.25, 0.3) is 0 Å². The monoisotopic (exact) mass is 272 g/mol. The smallest absolute Gasteiger partial charge is 0.0227 e. The maximum Gasteiger partial charge on any atom is -0.0227 e. The quantitative estimate of drug-likeness (QED) is 0.593. The molecule has 0 saturated carbocycles. The second-order valence-electron chi connectivity index (χ2n) is 4.76. The summed E-state index contributed by atoms with van der Waals surface area (Å²) in [6.45, 7) is 2.12. The number of benzene rings is 2. The number of hydrogen-bond acceptors (Lipinski definition) is 0. The minimum absolute atomic E-state index is 1.21. The summed E-state index contributed by atoms with van der Waals surface area (Å²) >= 11 is 0. The molecule has 0 aliphatic rings. The molecule has 2 aromatic carbocycles. The summed E-state index contributed by atoms with van der Waals surface area (Å²) in [5.41, 5.74) is 3.74. The SMILES string of the molecule is C\C(=C/C=C/C=C/C=C/c1ccccc1)c1ccccc1. The third-order valence-electron chi connectivity index (χ3n) is 3.11. The van der Waals surface area contributed by atoms with Gasteiger partial charge in [-0.3, -0.25) is 0 Å². The van der Waals surface area contributed by atoms with Gasteiger partial charge in [-0.25, -0.2) is 0 Å². The minimum Gasteiger partial charge on any atom is -0.0623 e. The van der Waals surface area contributed by atoms with Crippen molar-refractivity contribution in [1.29, 1.82) is 0 Å². The fourth-order valence-electron chi connectivity index (χ4n) is 1.92. The number of hydrogen-bond donors (Lipinski definition) is 0. The molecule has 0 saturated heterocycles. The first-order valence-electron chi connectivity index (χ1n) is 7.15. The maximum atomic E-state index is 2.13. The van der Waals surface area contributed by atoms with Crippen LogP contribution in [-0.4, -0.2) is 0 Å². The molecule has 0 unspecified atom stereocenters. The van der Waals surface area contributed by atoms with E-state index in [-0.39, 0.29) is 0 Å². The lowest BCUT2D eigenvalue weighted by atomic mass is 10.1. The zero-order chi connectivity index (χ0) is 14.8. The fraction of sp³-hybridized carbons (Fsp3) is 0.0476. The Bertz CT molecular complexity index is 641. The fourth-order valence-corrected chi connectivity index (χ4v) is 1.92. The number of rotatable bonds is 5. The van der Waals surface area contributed by atoms with Crippen molar-refractivity contribution in [1.82, 2.24) is 0 Å². The Morgan fingerprint density at radius 1 is 0.667 bits per heavy atom. The first-order valence-corrected chi connectivity index (χ1v) is 7.15. The minimum atomic E-state index is 1.21. The standard InChI is InChI=1S/C21H20/c1-19(21-17-11-6-12-18-21)13-7-3-2-4-8-14-20-15-9-5-10-16-20/h2-18H,1H3/b4-2+,7-3+,14-8+,19-13+. The summed E-state index contributed by atoms with van der Waals surface area (Å²) in [4.78, 5) is 0. The predicted molar refractivity (Wildman–Crippen MR) is 93.8 cm³/mol. The van der Waals surface area contributed by atoms with Gasteiger partial charge in [-0.1, -0.05) is 103 Å². The van der Waals surface area contributed by atoms with Crippen molar-refractivity contribution in [3.05, 3.63) is 108 Å². The van der Waals surface area contributed by atoms with Crippen LogP contribution in [0.5, 0.6) is 0 Å². The van der Waals surface area contributed by atoms with Gasteiger partial charge in [-0.2, -0.15) is 0 Å². The van der Waals surface area contributed by atoms with E-state index < -0.39 is 0 Å². The van der Waals surface area contributed by atoms with Crippen LogP contribution < -0.4 is 0 Å². The molecule has 0 amide bonds. The van der Waals surface area contributed by atoms with Crippen LogP contribution in [0.25, 0.3) is 11.6 Å². The van der Waals surface area contributed by atoms with E-state index >= 15 is 0 Å². The molecular formula is C21H20. The van der Waals surface area contributed by atoms with Gasteiger partial charge in [-0.05, 0) is 23.6 Å². The Labute approximate surface area is 127 Å². The highest BCUT2D eigenvalue weighted by Gasteiger charge is 1.90. The summed E-state index contributed by atoms with van der Waals surface area (Å²) in [5.74, 6) is 0. The Kier molecular flexibility index (Phi) is 6.02. The second-order valence-corrected chi connectivity index (χ2v) is 4.76. The molecule has 0 aliphatic heterocycles. The molecule has 0 atom stereocenters. The van der Waals surface area contributed by atoms with E-state index in [0.717, 1.165) is 0 Å². The van der Waals surface area contributed by atoms with Crippen molar-refractivity contribution in [3.8, 4) is 0 Å². The van der Waals surface area contributed by atoms with Gasteiger partial charge in [-0.15, -0.1) is 0 Å². The van der Waals surface area contributed by atoms with Crippen LogP contribution in [0, 0.1) is 0 Å². The largest absolute Gasteiger partial charge is 0.0623 e. The molecule has 0 fully saturated rings. The van der Waals surface area contributed by atoms with Crippen molar-refractivity contribution >= 4 is 11.6 Å². The molecule has 2 aromatic rings. The van der Waals surface area contributed by atoms with E-state index in [1.165, 1.54) is 16.7 Å². The van der Waals surface area contributed by atoms with Gasteiger partial charge < -0.3 is 0 Å². The lowest BCUT2D eigenvalue weighted by molar-refractivity contribution is 1.57. The van der Waals surface area contributed by atoms with Crippen LogP contribution >= 0.6 is 0 Å². The molecule has 0 N–H and O–H groups in total. The molecule has 2 rings (SSSR count). The summed E-state index contributed by atoms with van der Waals surface area (Å²) < 4.78 is 0. The Hall–Kier alpha value is -2.60. The highest BCUT2D eigenvalue weighted by Crippen LogP contribution is 2.12. The van der Waals surface area contributed by atoms with Gasteiger partial charge in [0.15, 0.2) is 0 Å². The van der Waals surface area contributed by atoms with Crippen LogP contribution in [0.3, 0.4) is 0 Å². The Morgan fingerprint density at radius 3 is 1.95 bits per heavy atom. The Morgan fingerprint density at radius 2 is 1.24 bits per heavy atom. The first-order chi connectivity index (χ1) is 10.4. The van der Waals surface area contributed by atoms with Gasteiger partial charge in [0, 0.05) is 0 Å². The molecule has 0 aromatic heterocycles. The molecule has 0 nitrogen and oxygen atoms in total. The summed E-state index contributed by atoms with van der Waals surface area (Å²) in [7, 11) is 0. The number of allylic oxidation sites excluding steroid dienone is 7. The zero-order valence-electron chi connectivity index (χ0n) is 12.3. The zero-order valence-corrected chi connectivity index (χ0v) is 12.3. The molecule has 21 heavy (non-hydrogen) atoms. The van der Waals surface area contributed by atoms with Crippen LogP contribution in [-0.2, 0) is 0 Å². The van der Waals surface area contributed by atoms with E-state index in [1.54, 1.807) is 0 Å². The lowest BCUT2D eigenvalue weighted by Crippen LogP contribution is -1.75. The average Bonchev–Trinajstić information content (AvgIpc) is 2.55. The molecule has 0 spiro atoms. The van der Waals surface area contributed by atoms with Crippen LogP contribution in [0.2, 0.25) is 0 Å². The molecule has 0 heteroatoms. The van der Waals surface area contributed by atoms with E-state index in [1.807, 2.05) is 48.6 Å². The average molecular weight is 272 g/mol. The molecule has 0 radical (unpaired) electrons. The van der Waals surface area contributed by atoms with Crippen LogP contribution in [0.15, 0.2) is 97.1 Å². The van der Waals surface area contributed by atoms with Crippen molar-refractivity contribution < 1.29 is 0 Å². The summed E-state index contributed by atoms with van der Waals surface area (Å²) in [6, 6.07) is 20.7. The van der Waals surface area contributed by atoms with Crippen molar-refractivity contribution in [2.75, 3.05) is 0 Å². The van der Waals surface area contributed by atoms with E-state index in [4.69, 9.17) is 0 Å². The highest BCUT2D eigenvalue weighted by atomic mass is 14.0. The molecule has 0 heterocycles. The predicted octanol–water partition coefficient (Wildman–Crippen LogP) is 5.92. The highest BCUT2D eigenvalue weighted by molar-refractivity contribution is 5.65. The van der Waals surface area contributed by atoms with E-state index in [2.05, 4.69) is 61.5 Å². The molecular weight excluding hydrogens is 252 g/mol. The summed E-state index contributed by atoms with van der Waals surface area (Å²) in [5, 5.41) is 0. The normalized spacial score (nSPS) is 12.7. The van der Waals surface area contributed by atoms with Crippen molar-refractivity contribution in [2.24, 2.45) is 0 Å². The van der Waals surface area contributed by atoms with Crippen molar-refractivity contribution in [2.45, 2.75) is 6.92 Å². The topological polar surface area (TPSA) is 0 Å².